The van der Waals surface area contributed by atoms with Crippen LogP contribution in [-0.2, 0) is 27.9 Å². The summed E-state index contributed by atoms with van der Waals surface area (Å²) in [6, 6.07) is -0.899. The van der Waals surface area contributed by atoms with E-state index in [0.717, 1.165) is 103 Å². The maximum atomic E-state index is 13.5. The number of carbonyl (C=O) groups excluding carboxylic acids is 2. The van der Waals surface area contributed by atoms with Crippen molar-refractivity contribution in [2.75, 3.05) is 40.9 Å². The van der Waals surface area contributed by atoms with Crippen LogP contribution in [0.25, 0.3) is 0 Å². The molecular weight excluding hydrogens is 976 g/mol. The molecule has 3 atom stereocenters. The van der Waals surface area contributed by atoms with E-state index in [2.05, 4.69) is 86.8 Å². The molecule has 0 aromatic carbocycles. The standard InChI is InChI=1S/C67H123N2O7P/c1-7-10-13-16-19-22-25-27-29-31-33-34-36-37-39-41-44-47-50-53-56-59-66(70)68-64(63-75-77(72,73)74-62-61-69(4,5)6)65(58-55-52-49-46-43-24-21-18-15-12-9-3)76-67(71)60-57-54-51-48-45-42-40-38-35-32-30-28-26-23-20-17-14-11-8-2/h10,13,19,22,27,29,33-34,37,39,55,58,64-65H,7-9,11-12,14-18,20-21,23-26,28,30-32,35-36,38,40-54,56-57,59-63H2,1-6H3,(H-,68,70,72,73)/b13-10-,22-19-,29-27-,34-33-,39-37-,58-55+. The average molecular weight is 1100 g/mol. The third-order valence-corrected chi connectivity index (χ3v) is 15.1. The first-order chi connectivity index (χ1) is 37.4. The zero-order valence-corrected chi connectivity index (χ0v) is 52.0. The number of nitrogens with zero attached hydrogens (tertiary/aromatic N) is 1. The van der Waals surface area contributed by atoms with Crippen LogP contribution in [0.3, 0.4) is 0 Å². The zero-order valence-electron chi connectivity index (χ0n) is 51.2. The van der Waals surface area contributed by atoms with Gasteiger partial charge in [0, 0.05) is 12.8 Å². The second-order valence-electron chi connectivity index (χ2n) is 22.9. The molecule has 10 heteroatoms. The Labute approximate surface area is 476 Å². The number of esters is 1. The Bertz CT molecular complexity index is 1550. The molecule has 0 aliphatic heterocycles. The lowest BCUT2D eigenvalue weighted by Gasteiger charge is -2.30. The van der Waals surface area contributed by atoms with Crippen molar-refractivity contribution in [3.8, 4) is 0 Å². The predicted octanol–water partition coefficient (Wildman–Crippen LogP) is 19.4. The van der Waals surface area contributed by atoms with Crippen molar-refractivity contribution in [2.45, 2.75) is 303 Å². The largest absolute Gasteiger partial charge is 0.756 e. The summed E-state index contributed by atoms with van der Waals surface area (Å²) >= 11 is 0. The number of likely N-dealkylation sites (N-methyl/N-ethyl adjacent to an activating group) is 1. The number of unbranched alkanes of at least 4 members (excludes halogenated alkanes) is 32. The Kier molecular flexibility index (Phi) is 54.8. The highest BCUT2D eigenvalue weighted by Gasteiger charge is 2.27. The number of allylic oxidation sites excluding steroid dienone is 11. The van der Waals surface area contributed by atoms with Crippen LogP contribution in [0.2, 0.25) is 0 Å². The lowest BCUT2D eigenvalue weighted by Crippen LogP contribution is -2.47. The van der Waals surface area contributed by atoms with E-state index in [0.29, 0.717) is 23.9 Å². The monoisotopic (exact) mass is 1100 g/mol. The second-order valence-corrected chi connectivity index (χ2v) is 24.3. The van der Waals surface area contributed by atoms with Gasteiger partial charge < -0.3 is 28.5 Å². The first-order valence-corrected chi connectivity index (χ1v) is 33.7. The van der Waals surface area contributed by atoms with Crippen molar-refractivity contribution in [1.29, 1.82) is 0 Å². The zero-order chi connectivity index (χ0) is 56.4. The lowest BCUT2D eigenvalue weighted by atomic mass is 10.0. The topological polar surface area (TPSA) is 114 Å². The maximum Gasteiger partial charge on any atom is 0.306 e. The fourth-order valence-corrected chi connectivity index (χ4v) is 9.92. The van der Waals surface area contributed by atoms with E-state index in [1.807, 2.05) is 33.3 Å². The third-order valence-electron chi connectivity index (χ3n) is 14.2. The van der Waals surface area contributed by atoms with E-state index in [-0.39, 0.29) is 24.9 Å². The minimum atomic E-state index is -4.71. The number of rotatable bonds is 58. The van der Waals surface area contributed by atoms with Gasteiger partial charge in [0.25, 0.3) is 7.82 Å². The van der Waals surface area contributed by atoms with Crippen LogP contribution in [0.1, 0.15) is 290 Å². The predicted molar refractivity (Wildman–Crippen MR) is 330 cm³/mol. The Hall–Kier alpha value is -2.55. The van der Waals surface area contributed by atoms with E-state index < -0.39 is 26.6 Å². The highest BCUT2D eigenvalue weighted by atomic mass is 31.2. The SMILES string of the molecule is CC/C=C\C/C=C\C/C=C\C/C=C\C/C=C\CCCCCCCC(=O)NC(COP(=O)([O-])OCC[N+](C)(C)C)C(/C=C/CCCCCCCCCCC)OC(=O)CCCCCCCCCCCCCCCCCCCCC. The number of nitrogens with one attached hydrogen (secondary N) is 1. The lowest BCUT2D eigenvalue weighted by molar-refractivity contribution is -0.870. The Balaban J connectivity index is 5.20. The van der Waals surface area contributed by atoms with Gasteiger partial charge in [0.15, 0.2) is 0 Å². The van der Waals surface area contributed by atoms with Crippen molar-refractivity contribution in [3.63, 3.8) is 0 Å². The Morgan fingerprint density at radius 2 is 0.831 bits per heavy atom. The van der Waals surface area contributed by atoms with Crippen molar-refractivity contribution in [3.05, 3.63) is 72.9 Å². The van der Waals surface area contributed by atoms with Gasteiger partial charge in [-0.3, -0.25) is 14.2 Å². The normalized spacial score (nSPS) is 14.1. The van der Waals surface area contributed by atoms with E-state index in [1.165, 1.54) is 148 Å². The van der Waals surface area contributed by atoms with Crippen molar-refractivity contribution in [2.24, 2.45) is 0 Å². The Morgan fingerprint density at radius 1 is 0.468 bits per heavy atom. The fraction of sp³-hybridized carbons (Fsp3) is 0.791. The molecule has 9 nitrogen and oxygen atoms in total. The van der Waals surface area contributed by atoms with Crippen LogP contribution >= 0.6 is 7.82 Å². The molecule has 1 N–H and O–H groups in total. The molecular formula is C67H123N2O7P. The maximum absolute atomic E-state index is 13.5. The second kappa shape index (κ2) is 56.7. The molecule has 1 amide bonds. The molecule has 0 bridgehead atoms. The molecule has 0 heterocycles. The first-order valence-electron chi connectivity index (χ1n) is 32.2. The average Bonchev–Trinajstić information content (AvgIpc) is 3.39. The minimum Gasteiger partial charge on any atom is -0.756 e. The van der Waals surface area contributed by atoms with Gasteiger partial charge in [-0.1, -0.05) is 274 Å². The summed E-state index contributed by atoms with van der Waals surface area (Å²) in [7, 11) is 1.17. The van der Waals surface area contributed by atoms with Crippen LogP contribution in [0.15, 0.2) is 72.9 Å². The van der Waals surface area contributed by atoms with E-state index in [1.54, 1.807) is 0 Å². The number of amides is 1. The molecule has 0 saturated carbocycles. The molecule has 0 saturated heterocycles. The van der Waals surface area contributed by atoms with Crippen LogP contribution in [0.4, 0.5) is 0 Å². The van der Waals surface area contributed by atoms with Gasteiger partial charge in [0.05, 0.1) is 33.8 Å². The molecule has 0 aliphatic carbocycles. The summed E-state index contributed by atoms with van der Waals surface area (Å²) in [4.78, 5) is 40.0. The van der Waals surface area contributed by atoms with Crippen molar-refractivity contribution >= 4 is 19.7 Å². The highest BCUT2D eigenvalue weighted by molar-refractivity contribution is 7.45. The quantitative estimate of drug-likeness (QED) is 0.0212. The number of phosphoric acid groups is 1. The van der Waals surface area contributed by atoms with Gasteiger partial charge >= 0.3 is 5.97 Å². The molecule has 448 valence electrons. The fourth-order valence-electron chi connectivity index (χ4n) is 9.20. The molecule has 0 aromatic heterocycles. The van der Waals surface area contributed by atoms with Crippen molar-refractivity contribution < 1.29 is 37.3 Å². The summed E-state index contributed by atoms with van der Waals surface area (Å²) in [5.74, 6) is -0.556. The van der Waals surface area contributed by atoms with Crippen LogP contribution in [0.5, 0.6) is 0 Å². The molecule has 0 rings (SSSR count). The molecule has 0 radical (unpaired) electrons. The number of quaternary nitrogens is 1. The number of phosphoric ester groups is 1. The highest BCUT2D eigenvalue weighted by Crippen LogP contribution is 2.38. The third kappa shape index (κ3) is 57.9. The first kappa shape index (κ1) is 74.5. The van der Waals surface area contributed by atoms with Gasteiger partial charge in [0.1, 0.15) is 19.3 Å². The smallest absolute Gasteiger partial charge is 0.306 e. The van der Waals surface area contributed by atoms with Gasteiger partial charge in [-0.15, -0.1) is 0 Å². The summed E-state index contributed by atoms with van der Waals surface area (Å²) in [5.41, 5.74) is 0. The minimum absolute atomic E-state index is 0.0277. The molecule has 0 fully saturated rings. The van der Waals surface area contributed by atoms with Crippen LogP contribution in [0, 0.1) is 0 Å². The van der Waals surface area contributed by atoms with Gasteiger partial charge in [-0.2, -0.15) is 0 Å². The number of ether oxygens (including phenoxy) is 1. The van der Waals surface area contributed by atoms with E-state index in [9.17, 15) is 19.0 Å². The van der Waals surface area contributed by atoms with E-state index in [4.69, 9.17) is 13.8 Å². The Morgan fingerprint density at radius 3 is 1.25 bits per heavy atom. The summed E-state index contributed by atoms with van der Waals surface area (Å²) in [5, 5.41) is 3.02. The number of hydrogen-bond donors (Lipinski definition) is 1. The molecule has 3 unspecified atom stereocenters. The van der Waals surface area contributed by atoms with Gasteiger partial charge in [-0.25, -0.2) is 0 Å². The molecule has 77 heavy (non-hydrogen) atoms. The van der Waals surface area contributed by atoms with Gasteiger partial charge in [-0.05, 0) is 76.7 Å². The number of hydrogen-bond acceptors (Lipinski definition) is 7. The van der Waals surface area contributed by atoms with Crippen LogP contribution in [-0.4, -0.2) is 69.4 Å². The molecule has 0 spiro atoms. The van der Waals surface area contributed by atoms with Gasteiger partial charge in [0.2, 0.25) is 5.91 Å². The van der Waals surface area contributed by atoms with Crippen LogP contribution < -0.4 is 10.2 Å². The molecule has 0 aromatic rings. The number of carbonyl (C=O) groups is 2. The van der Waals surface area contributed by atoms with Crippen molar-refractivity contribution in [1.82, 2.24) is 5.32 Å². The summed E-state index contributed by atoms with van der Waals surface area (Å²) in [6.07, 6.45) is 73.0. The molecule has 0 aliphatic rings. The van der Waals surface area contributed by atoms with E-state index >= 15 is 0 Å². The summed E-state index contributed by atoms with van der Waals surface area (Å²) < 4.78 is 30.3. The summed E-state index contributed by atoms with van der Waals surface area (Å²) in [6.45, 7) is 6.73.